The zero-order valence-electron chi connectivity index (χ0n) is 11.8. The lowest BCUT2D eigenvalue weighted by Crippen LogP contribution is -2.43. The van der Waals surface area contributed by atoms with Crippen LogP contribution in [0.15, 0.2) is 22.7 Å². The normalized spacial score (nSPS) is 17.5. The highest BCUT2D eigenvalue weighted by Gasteiger charge is 2.28. The van der Waals surface area contributed by atoms with Crippen LogP contribution in [0.25, 0.3) is 0 Å². The zero-order valence-corrected chi connectivity index (χ0v) is 14.9. The average molecular weight is 398 g/mol. The molecule has 1 aromatic rings. The third kappa shape index (κ3) is 5.02. The molecular formula is C14H19BrCl2N2O2. The van der Waals surface area contributed by atoms with Crippen LogP contribution in [0.3, 0.4) is 0 Å². The van der Waals surface area contributed by atoms with Crippen LogP contribution >= 0.6 is 39.9 Å². The van der Waals surface area contributed by atoms with Crippen LogP contribution in [0.2, 0.25) is 5.02 Å². The van der Waals surface area contributed by atoms with Crippen molar-refractivity contribution in [1.82, 2.24) is 10.2 Å². The second kappa shape index (κ2) is 8.83. The summed E-state index contributed by atoms with van der Waals surface area (Å²) in [6, 6.07) is 5.62. The summed E-state index contributed by atoms with van der Waals surface area (Å²) in [5.41, 5.74) is 0. The number of hydrogen-bond acceptors (Lipinski definition) is 3. The lowest BCUT2D eigenvalue weighted by molar-refractivity contribution is -0.134. The van der Waals surface area contributed by atoms with E-state index >= 15 is 0 Å². The lowest BCUT2D eigenvalue weighted by Gasteiger charge is -2.24. The van der Waals surface area contributed by atoms with Gasteiger partial charge in [0.05, 0.1) is 5.02 Å². The molecule has 1 heterocycles. The Kier molecular flexibility index (Phi) is 7.81. The zero-order chi connectivity index (χ0) is 14.5. The van der Waals surface area contributed by atoms with Gasteiger partial charge in [-0.2, -0.15) is 0 Å². The number of amides is 1. The Morgan fingerprint density at radius 3 is 3.00 bits per heavy atom. The maximum Gasteiger partial charge on any atom is 0.260 e. The topological polar surface area (TPSA) is 41.6 Å². The summed E-state index contributed by atoms with van der Waals surface area (Å²) in [6.07, 6.45) is 2.10. The quantitative estimate of drug-likeness (QED) is 0.829. The summed E-state index contributed by atoms with van der Waals surface area (Å²) >= 11 is 9.39. The predicted molar refractivity (Wildman–Crippen MR) is 90.6 cm³/mol. The summed E-state index contributed by atoms with van der Waals surface area (Å²) in [5, 5.41) is 3.62. The van der Waals surface area contributed by atoms with E-state index in [9.17, 15) is 4.79 Å². The Hall–Kier alpha value is -0.490. The van der Waals surface area contributed by atoms with E-state index in [4.69, 9.17) is 16.3 Å². The van der Waals surface area contributed by atoms with Crippen LogP contribution in [0, 0.1) is 0 Å². The van der Waals surface area contributed by atoms with Crippen molar-refractivity contribution in [2.24, 2.45) is 0 Å². The highest BCUT2D eigenvalue weighted by atomic mass is 79.9. The number of halogens is 3. The minimum Gasteiger partial charge on any atom is -0.482 e. The molecule has 1 aliphatic rings. The Bertz CT molecular complexity index is 488. The van der Waals surface area contributed by atoms with Gasteiger partial charge in [-0.1, -0.05) is 27.5 Å². The minimum absolute atomic E-state index is 0. The number of benzene rings is 1. The largest absolute Gasteiger partial charge is 0.482 e. The van der Waals surface area contributed by atoms with Gasteiger partial charge in [0, 0.05) is 23.6 Å². The molecule has 21 heavy (non-hydrogen) atoms. The maximum absolute atomic E-state index is 12.2. The third-order valence-corrected chi connectivity index (χ3v) is 4.17. The summed E-state index contributed by atoms with van der Waals surface area (Å²) in [4.78, 5) is 14.1. The van der Waals surface area contributed by atoms with Gasteiger partial charge < -0.3 is 15.0 Å². The molecule has 1 unspecified atom stereocenters. The molecule has 0 bridgehead atoms. The SMILES string of the molecule is CNCC1CCCN1C(=O)COc1ccc(Br)cc1Cl.Cl. The minimum atomic E-state index is 0. The predicted octanol–water partition coefficient (Wildman–Crippen LogP) is 3.11. The Balaban J connectivity index is 0.00000220. The average Bonchev–Trinajstić information content (AvgIpc) is 2.86. The van der Waals surface area contributed by atoms with Gasteiger partial charge in [0.15, 0.2) is 6.61 Å². The fourth-order valence-electron chi connectivity index (χ4n) is 2.43. The second-order valence-electron chi connectivity index (χ2n) is 4.80. The van der Waals surface area contributed by atoms with Crippen molar-refractivity contribution in [2.45, 2.75) is 18.9 Å². The smallest absolute Gasteiger partial charge is 0.260 e. The lowest BCUT2D eigenvalue weighted by atomic mass is 10.2. The number of likely N-dealkylation sites (N-methyl/N-ethyl adjacent to an activating group) is 1. The molecule has 1 amide bonds. The summed E-state index contributed by atoms with van der Waals surface area (Å²) in [7, 11) is 1.90. The first-order chi connectivity index (χ1) is 9.61. The molecule has 0 aromatic heterocycles. The molecule has 1 fully saturated rings. The van der Waals surface area contributed by atoms with E-state index in [-0.39, 0.29) is 31.0 Å². The van der Waals surface area contributed by atoms with Gasteiger partial charge in [0.25, 0.3) is 5.91 Å². The number of hydrogen-bond donors (Lipinski definition) is 1. The van der Waals surface area contributed by atoms with Crippen LogP contribution in [0.5, 0.6) is 5.75 Å². The number of likely N-dealkylation sites (tertiary alicyclic amines) is 1. The van der Waals surface area contributed by atoms with E-state index in [0.717, 1.165) is 30.4 Å². The third-order valence-electron chi connectivity index (χ3n) is 3.38. The molecule has 2 rings (SSSR count). The van der Waals surface area contributed by atoms with Crippen molar-refractivity contribution in [1.29, 1.82) is 0 Å². The van der Waals surface area contributed by atoms with Crippen molar-refractivity contribution in [2.75, 3.05) is 26.7 Å². The molecule has 118 valence electrons. The second-order valence-corrected chi connectivity index (χ2v) is 6.13. The van der Waals surface area contributed by atoms with Crippen molar-refractivity contribution in [3.63, 3.8) is 0 Å². The first-order valence-electron chi connectivity index (χ1n) is 6.63. The number of carbonyl (C=O) groups excluding carboxylic acids is 1. The van der Waals surface area contributed by atoms with E-state index in [1.165, 1.54) is 0 Å². The van der Waals surface area contributed by atoms with Gasteiger partial charge in [-0.3, -0.25) is 4.79 Å². The first-order valence-corrected chi connectivity index (χ1v) is 7.81. The Morgan fingerprint density at radius 2 is 2.33 bits per heavy atom. The fourth-order valence-corrected chi connectivity index (χ4v) is 3.15. The molecule has 1 aromatic carbocycles. The van der Waals surface area contributed by atoms with Crippen molar-refractivity contribution < 1.29 is 9.53 Å². The molecule has 0 spiro atoms. The molecule has 4 nitrogen and oxygen atoms in total. The Morgan fingerprint density at radius 1 is 1.57 bits per heavy atom. The first kappa shape index (κ1) is 18.6. The number of carbonyl (C=O) groups is 1. The van der Waals surface area contributed by atoms with E-state index in [1.807, 2.05) is 18.0 Å². The highest BCUT2D eigenvalue weighted by Crippen LogP contribution is 2.28. The van der Waals surface area contributed by atoms with Crippen LogP contribution in [0.4, 0.5) is 0 Å². The number of nitrogens with zero attached hydrogens (tertiary/aromatic N) is 1. The number of ether oxygens (including phenoxy) is 1. The summed E-state index contributed by atoms with van der Waals surface area (Å²) in [5.74, 6) is 0.550. The van der Waals surface area contributed by atoms with Crippen LogP contribution in [-0.4, -0.2) is 43.6 Å². The monoisotopic (exact) mass is 396 g/mol. The van der Waals surface area contributed by atoms with Gasteiger partial charge in [-0.25, -0.2) is 0 Å². The molecule has 1 atom stereocenters. The van der Waals surface area contributed by atoms with Crippen molar-refractivity contribution in [3.8, 4) is 5.75 Å². The van der Waals surface area contributed by atoms with E-state index in [2.05, 4.69) is 21.2 Å². The molecule has 0 saturated carbocycles. The molecule has 0 aliphatic carbocycles. The van der Waals surface area contributed by atoms with E-state index in [0.29, 0.717) is 10.8 Å². The fraction of sp³-hybridized carbons (Fsp3) is 0.500. The summed E-state index contributed by atoms with van der Waals surface area (Å²) in [6.45, 7) is 1.66. The number of nitrogens with one attached hydrogen (secondary N) is 1. The maximum atomic E-state index is 12.2. The molecule has 7 heteroatoms. The van der Waals surface area contributed by atoms with Gasteiger partial charge in [-0.15, -0.1) is 12.4 Å². The van der Waals surface area contributed by atoms with Gasteiger partial charge >= 0.3 is 0 Å². The molecule has 1 aliphatic heterocycles. The molecule has 0 radical (unpaired) electrons. The highest BCUT2D eigenvalue weighted by molar-refractivity contribution is 9.10. The molecule has 1 N–H and O–H groups in total. The van der Waals surface area contributed by atoms with Crippen LogP contribution in [0.1, 0.15) is 12.8 Å². The molecular weight excluding hydrogens is 379 g/mol. The standard InChI is InChI=1S/C14H18BrClN2O2.ClH/c1-17-8-11-3-2-6-18(11)14(19)9-20-13-5-4-10(15)7-12(13)16;/h4-5,7,11,17H,2-3,6,8-9H2,1H3;1H. The van der Waals surface area contributed by atoms with E-state index < -0.39 is 0 Å². The number of rotatable bonds is 5. The van der Waals surface area contributed by atoms with Crippen molar-refractivity contribution in [3.05, 3.63) is 27.7 Å². The Labute approximate surface area is 144 Å². The summed E-state index contributed by atoms with van der Waals surface area (Å²) < 4.78 is 6.41. The van der Waals surface area contributed by atoms with Crippen LogP contribution < -0.4 is 10.1 Å². The van der Waals surface area contributed by atoms with Gasteiger partial charge in [0.1, 0.15) is 5.75 Å². The van der Waals surface area contributed by atoms with Gasteiger partial charge in [0.2, 0.25) is 0 Å². The van der Waals surface area contributed by atoms with Crippen LogP contribution in [-0.2, 0) is 4.79 Å². The van der Waals surface area contributed by atoms with E-state index in [1.54, 1.807) is 12.1 Å². The molecule has 1 saturated heterocycles. The van der Waals surface area contributed by atoms with Crippen molar-refractivity contribution >= 4 is 45.8 Å². The van der Waals surface area contributed by atoms with Gasteiger partial charge in [-0.05, 0) is 38.1 Å².